The molecule has 0 saturated heterocycles. The maximum absolute atomic E-state index is 12.9. The Bertz CT molecular complexity index is 1190. The Labute approximate surface area is 200 Å². The first-order valence-corrected chi connectivity index (χ1v) is 13.6. The van der Waals surface area contributed by atoms with Gasteiger partial charge in [-0.05, 0) is 44.0 Å². The summed E-state index contributed by atoms with van der Waals surface area (Å²) < 4.78 is 29.3. The van der Waals surface area contributed by atoms with Crippen molar-refractivity contribution < 1.29 is 13.2 Å². The minimum Gasteiger partial charge on any atom is -0.355 e. The summed E-state index contributed by atoms with van der Waals surface area (Å²) in [6, 6.07) is 15.1. The molecular weight excluding hydrogens is 456 g/mol. The highest BCUT2D eigenvalue weighted by Gasteiger charge is 2.24. The summed E-state index contributed by atoms with van der Waals surface area (Å²) in [6.07, 6.45) is 0.779. The van der Waals surface area contributed by atoms with E-state index in [2.05, 4.69) is 10.3 Å². The zero-order valence-corrected chi connectivity index (χ0v) is 21.2. The molecule has 3 aromatic rings. The zero-order valence-electron chi connectivity index (χ0n) is 19.6. The highest BCUT2D eigenvalue weighted by Crippen LogP contribution is 2.29. The zero-order chi connectivity index (χ0) is 24.0. The van der Waals surface area contributed by atoms with Crippen LogP contribution >= 0.6 is 11.8 Å². The minimum absolute atomic E-state index is 0.0459. The predicted octanol–water partition coefficient (Wildman–Crippen LogP) is 3.93. The fraction of sp³-hybridized carbons (Fsp3) is 0.417. The van der Waals surface area contributed by atoms with Gasteiger partial charge in [-0.15, -0.1) is 0 Å². The summed E-state index contributed by atoms with van der Waals surface area (Å²) in [5, 5.41) is 3.37. The fourth-order valence-corrected chi connectivity index (χ4v) is 6.18. The number of rotatable bonds is 11. The number of benzene rings is 2. The van der Waals surface area contributed by atoms with Crippen molar-refractivity contribution in [2.45, 2.75) is 56.0 Å². The van der Waals surface area contributed by atoms with Gasteiger partial charge in [0.25, 0.3) is 0 Å². The van der Waals surface area contributed by atoms with E-state index in [1.807, 2.05) is 62.6 Å². The standard InChI is InChI=1S/C24H32N4O3S2/c1-5-27(6-2)33(30,31)20-13-14-22-21(17-20)26-24(28(22)7-3)32-18(4)23(29)25-16-15-19-11-9-8-10-12-19/h8-14,17-18H,5-7,15-16H2,1-4H3,(H,25,29)/t18-/m1/s1. The lowest BCUT2D eigenvalue weighted by atomic mass is 10.1. The van der Waals surface area contributed by atoms with Gasteiger partial charge in [0.2, 0.25) is 15.9 Å². The van der Waals surface area contributed by atoms with Crippen LogP contribution in [0.25, 0.3) is 11.0 Å². The molecule has 0 bridgehead atoms. The lowest BCUT2D eigenvalue weighted by molar-refractivity contribution is -0.120. The summed E-state index contributed by atoms with van der Waals surface area (Å²) in [5.41, 5.74) is 2.65. The maximum atomic E-state index is 12.9. The number of nitrogens with zero attached hydrogens (tertiary/aromatic N) is 3. The van der Waals surface area contributed by atoms with Crippen LogP contribution in [0.3, 0.4) is 0 Å². The van der Waals surface area contributed by atoms with E-state index in [-0.39, 0.29) is 16.1 Å². The van der Waals surface area contributed by atoms with Crippen molar-refractivity contribution in [3.8, 4) is 0 Å². The number of hydrogen-bond acceptors (Lipinski definition) is 5. The van der Waals surface area contributed by atoms with E-state index in [4.69, 9.17) is 0 Å². The Balaban J connectivity index is 1.75. The predicted molar refractivity (Wildman–Crippen MR) is 134 cm³/mol. The van der Waals surface area contributed by atoms with Crippen molar-refractivity contribution in [2.75, 3.05) is 19.6 Å². The number of fused-ring (bicyclic) bond motifs is 1. The van der Waals surface area contributed by atoms with Gasteiger partial charge in [0, 0.05) is 26.2 Å². The average Bonchev–Trinajstić information content (AvgIpc) is 3.16. The van der Waals surface area contributed by atoms with Gasteiger partial charge >= 0.3 is 0 Å². The molecule has 0 spiro atoms. The van der Waals surface area contributed by atoms with Crippen LogP contribution in [0.1, 0.15) is 33.3 Å². The third kappa shape index (κ3) is 5.77. The Morgan fingerprint density at radius 2 is 1.82 bits per heavy atom. The molecule has 1 aromatic heterocycles. The number of hydrogen-bond donors (Lipinski definition) is 1. The molecule has 3 rings (SSSR count). The second-order valence-corrected chi connectivity index (χ2v) is 10.9. The van der Waals surface area contributed by atoms with E-state index in [0.717, 1.165) is 11.9 Å². The van der Waals surface area contributed by atoms with Crippen LogP contribution in [0, 0.1) is 0 Å². The Kier molecular flexibility index (Phi) is 8.56. The summed E-state index contributed by atoms with van der Waals surface area (Å²) in [7, 11) is -3.56. The molecule has 0 aliphatic carbocycles. The molecule has 0 aliphatic heterocycles. The van der Waals surface area contributed by atoms with Gasteiger partial charge < -0.3 is 9.88 Å². The number of carbonyl (C=O) groups excluding carboxylic acids is 1. The Morgan fingerprint density at radius 3 is 2.45 bits per heavy atom. The first kappa shape index (κ1) is 25.3. The van der Waals surface area contributed by atoms with Crippen molar-refractivity contribution in [3.05, 3.63) is 54.1 Å². The maximum Gasteiger partial charge on any atom is 0.243 e. The molecule has 178 valence electrons. The van der Waals surface area contributed by atoms with Crippen molar-refractivity contribution in [3.63, 3.8) is 0 Å². The molecule has 1 heterocycles. The monoisotopic (exact) mass is 488 g/mol. The number of thioether (sulfide) groups is 1. The number of imidazole rings is 1. The van der Waals surface area contributed by atoms with Crippen LogP contribution in [0.4, 0.5) is 0 Å². The van der Waals surface area contributed by atoms with Crippen LogP contribution in [-0.4, -0.2) is 53.1 Å². The SMILES string of the molecule is CCN(CC)S(=O)(=O)c1ccc2c(c1)nc(S[C@H](C)C(=O)NCCc1ccccc1)n2CC. The van der Waals surface area contributed by atoms with Crippen molar-refractivity contribution in [1.29, 1.82) is 0 Å². The van der Waals surface area contributed by atoms with Gasteiger partial charge in [-0.25, -0.2) is 13.4 Å². The average molecular weight is 489 g/mol. The number of aryl methyl sites for hydroxylation is 1. The summed E-state index contributed by atoms with van der Waals surface area (Å²) in [5.74, 6) is -0.0459. The molecule has 33 heavy (non-hydrogen) atoms. The van der Waals surface area contributed by atoms with Crippen LogP contribution in [0.15, 0.2) is 58.6 Å². The molecule has 0 fully saturated rings. The Morgan fingerprint density at radius 1 is 1.12 bits per heavy atom. The van der Waals surface area contributed by atoms with Gasteiger partial charge in [-0.3, -0.25) is 4.79 Å². The van der Waals surface area contributed by atoms with E-state index in [1.54, 1.807) is 18.2 Å². The van der Waals surface area contributed by atoms with Gasteiger partial charge in [0.1, 0.15) is 0 Å². The van der Waals surface area contributed by atoms with Gasteiger partial charge in [0.15, 0.2) is 5.16 Å². The van der Waals surface area contributed by atoms with Crippen LogP contribution in [0.5, 0.6) is 0 Å². The van der Waals surface area contributed by atoms with Gasteiger partial charge in [0.05, 0.1) is 21.2 Å². The number of nitrogens with one attached hydrogen (secondary N) is 1. The van der Waals surface area contributed by atoms with Crippen molar-refractivity contribution in [2.24, 2.45) is 0 Å². The van der Waals surface area contributed by atoms with Gasteiger partial charge in [-0.2, -0.15) is 4.31 Å². The van der Waals surface area contributed by atoms with E-state index in [9.17, 15) is 13.2 Å². The second kappa shape index (κ2) is 11.2. The molecule has 9 heteroatoms. The molecule has 0 unspecified atom stereocenters. The summed E-state index contributed by atoms with van der Waals surface area (Å²) >= 11 is 1.38. The van der Waals surface area contributed by atoms with Crippen LogP contribution in [0.2, 0.25) is 0 Å². The lowest BCUT2D eigenvalue weighted by Crippen LogP contribution is -2.32. The molecule has 7 nitrogen and oxygen atoms in total. The number of carbonyl (C=O) groups is 1. The highest BCUT2D eigenvalue weighted by atomic mass is 32.2. The topological polar surface area (TPSA) is 84.3 Å². The Hall–Kier alpha value is -2.36. The lowest BCUT2D eigenvalue weighted by Gasteiger charge is -2.18. The molecule has 1 atom stereocenters. The quantitative estimate of drug-likeness (QED) is 0.414. The first-order chi connectivity index (χ1) is 15.8. The highest BCUT2D eigenvalue weighted by molar-refractivity contribution is 8.00. The van der Waals surface area contributed by atoms with E-state index in [0.29, 0.717) is 36.9 Å². The third-order valence-electron chi connectivity index (χ3n) is 5.55. The summed E-state index contributed by atoms with van der Waals surface area (Å²) in [6.45, 7) is 9.59. The number of amides is 1. The first-order valence-electron chi connectivity index (χ1n) is 11.3. The minimum atomic E-state index is -3.56. The van der Waals surface area contributed by atoms with E-state index in [1.165, 1.54) is 21.6 Å². The second-order valence-electron chi connectivity index (χ2n) is 7.67. The van der Waals surface area contributed by atoms with E-state index < -0.39 is 10.0 Å². The fourth-order valence-electron chi connectivity index (χ4n) is 3.69. The number of sulfonamides is 1. The van der Waals surface area contributed by atoms with Crippen molar-refractivity contribution in [1.82, 2.24) is 19.2 Å². The third-order valence-corrected chi connectivity index (χ3v) is 8.69. The molecule has 0 saturated carbocycles. The van der Waals surface area contributed by atoms with E-state index >= 15 is 0 Å². The molecule has 1 N–H and O–H groups in total. The van der Waals surface area contributed by atoms with Crippen LogP contribution < -0.4 is 5.32 Å². The van der Waals surface area contributed by atoms with Crippen molar-refractivity contribution >= 4 is 38.7 Å². The number of aromatic nitrogens is 2. The molecule has 0 radical (unpaired) electrons. The largest absolute Gasteiger partial charge is 0.355 e. The molecular formula is C24H32N4O3S2. The van der Waals surface area contributed by atoms with Gasteiger partial charge in [-0.1, -0.05) is 55.9 Å². The van der Waals surface area contributed by atoms with Crippen LogP contribution in [-0.2, 0) is 27.8 Å². The molecule has 1 amide bonds. The smallest absolute Gasteiger partial charge is 0.243 e. The molecule has 0 aliphatic rings. The molecule has 2 aromatic carbocycles. The summed E-state index contributed by atoms with van der Waals surface area (Å²) in [4.78, 5) is 17.5. The normalized spacial score (nSPS) is 12.9.